The zero-order valence-corrected chi connectivity index (χ0v) is 9.15. The van der Waals surface area contributed by atoms with Crippen LogP contribution < -0.4 is 5.73 Å². The molecule has 0 unspecified atom stereocenters. The largest absolute Gasteiger partial charge is 0.436 e. The first-order valence-corrected chi connectivity index (χ1v) is 5.25. The maximum Gasteiger partial charge on any atom is 0.230 e. The number of aromatic nitrogens is 1. The van der Waals surface area contributed by atoms with Gasteiger partial charge in [0.25, 0.3) is 0 Å². The number of fused-ring (bicyclic) bond motifs is 1. The van der Waals surface area contributed by atoms with Crippen molar-refractivity contribution in [1.82, 2.24) is 4.98 Å². The van der Waals surface area contributed by atoms with Gasteiger partial charge in [0.2, 0.25) is 5.89 Å². The van der Waals surface area contributed by atoms with Crippen LogP contribution >= 0.6 is 0 Å². The van der Waals surface area contributed by atoms with Gasteiger partial charge in [-0.15, -0.1) is 0 Å². The van der Waals surface area contributed by atoms with E-state index in [0.717, 1.165) is 0 Å². The van der Waals surface area contributed by atoms with Crippen molar-refractivity contribution in [3.8, 4) is 11.5 Å². The Morgan fingerprint density at radius 2 is 1.89 bits per heavy atom. The molecule has 0 aliphatic carbocycles. The molecule has 90 valence electrons. The van der Waals surface area contributed by atoms with Crippen LogP contribution in [0.1, 0.15) is 0 Å². The van der Waals surface area contributed by atoms with Crippen molar-refractivity contribution in [3.63, 3.8) is 0 Å². The number of hydrogen-bond acceptors (Lipinski definition) is 3. The van der Waals surface area contributed by atoms with E-state index in [1.54, 1.807) is 0 Å². The molecule has 18 heavy (non-hydrogen) atoms. The summed E-state index contributed by atoms with van der Waals surface area (Å²) >= 11 is 0. The second kappa shape index (κ2) is 3.80. The number of anilines is 1. The van der Waals surface area contributed by atoms with Crippen LogP contribution in [0.25, 0.3) is 22.6 Å². The minimum atomic E-state index is -0.490. The van der Waals surface area contributed by atoms with Gasteiger partial charge in [-0.2, -0.15) is 0 Å². The summed E-state index contributed by atoms with van der Waals surface area (Å²) in [7, 11) is 0. The fraction of sp³-hybridized carbons (Fsp3) is 0. The number of nitrogens with zero attached hydrogens (tertiary/aromatic N) is 1. The molecule has 0 amide bonds. The molecule has 5 heteroatoms. The van der Waals surface area contributed by atoms with Gasteiger partial charge in [0.1, 0.15) is 17.2 Å². The Morgan fingerprint density at radius 1 is 1.06 bits per heavy atom. The van der Waals surface area contributed by atoms with Crippen molar-refractivity contribution in [3.05, 3.63) is 48.0 Å². The fourth-order valence-electron chi connectivity index (χ4n) is 1.72. The first-order chi connectivity index (χ1) is 8.63. The summed E-state index contributed by atoms with van der Waals surface area (Å²) < 4.78 is 32.0. The van der Waals surface area contributed by atoms with Crippen molar-refractivity contribution in [2.45, 2.75) is 0 Å². The summed E-state index contributed by atoms with van der Waals surface area (Å²) in [5, 5.41) is 0. The van der Waals surface area contributed by atoms with Gasteiger partial charge < -0.3 is 10.2 Å². The Bertz CT molecular complexity index is 737. The van der Waals surface area contributed by atoms with Crippen molar-refractivity contribution >= 4 is 16.8 Å². The van der Waals surface area contributed by atoms with Crippen LogP contribution in [0.2, 0.25) is 0 Å². The lowest BCUT2D eigenvalue weighted by atomic mass is 10.2. The number of nitrogens with two attached hydrogens (primary N) is 1. The summed E-state index contributed by atoms with van der Waals surface area (Å²) in [5.41, 5.74) is 6.88. The summed E-state index contributed by atoms with van der Waals surface area (Å²) in [6.07, 6.45) is 0. The zero-order chi connectivity index (χ0) is 12.7. The molecule has 3 aromatic rings. The predicted molar refractivity (Wildman–Crippen MR) is 63.8 cm³/mol. The summed E-state index contributed by atoms with van der Waals surface area (Å²) in [4.78, 5) is 4.10. The van der Waals surface area contributed by atoms with Crippen LogP contribution in [-0.4, -0.2) is 4.98 Å². The number of hydrogen-bond donors (Lipinski definition) is 1. The fourth-order valence-corrected chi connectivity index (χ4v) is 1.72. The predicted octanol–water partition coefficient (Wildman–Crippen LogP) is 3.36. The third-order valence-electron chi connectivity index (χ3n) is 2.57. The molecule has 0 atom stereocenters. The lowest BCUT2D eigenvalue weighted by Crippen LogP contribution is -1.89. The normalized spacial score (nSPS) is 11.0. The third-order valence-corrected chi connectivity index (χ3v) is 2.57. The SMILES string of the molecule is Nc1ccc(F)c(-c2nc3ccc(F)cc3o2)c1. The van der Waals surface area contributed by atoms with Crippen LogP contribution in [0, 0.1) is 11.6 Å². The average molecular weight is 246 g/mol. The minimum absolute atomic E-state index is 0.0837. The van der Waals surface area contributed by atoms with Gasteiger partial charge in [0.05, 0.1) is 5.56 Å². The molecule has 0 saturated heterocycles. The van der Waals surface area contributed by atoms with Crippen molar-refractivity contribution in [1.29, 1.82) is 0 Å². The number of halogens is 2. The van der Waals surface area contributed by atoms with Gasteiger partial charge in [0, 0.05) is 11.8 Å². The first kappa shape index (κ1) is 10.7. The lowest BCUT2D eigenvalue weighted by molar-refractivity contribution is 0.587. The second-order valence-corrected chi connectivity index (χ2v) is 3.87. The molecule has 2 N–H and O–H groups in total. The highest BCUT2D eigenvalue weighted by Crippen LogP contribution is 2.28. The van der Waals surface area contributed by atoms with E-state index in [2.05, 4.69) is 4.98 Å². The van der Waals surface area contributed by atoms with Gasteiger partial charge in [-0.05, 0) is 30.3 Å². The third kappa shape index (κ3) is 1.69. The van der Waals surface area contributed by atoms with Gasteiger partial charge in [-0.25, -0.2) is 13.8 Å². The van der Waals surface area contributed by atoms with Crippen molar-refractivity contribution < 1.29 is 13.2 Å². The Kier molecular flexibility index (Phi) is 2.26. The highest BCUT2D eigenvalue weighted by atomic mass is 19.1. The van der Waals surface area contributed by atoms with Gasteiger partial charge >= 0.3 is 0 Å². The Hall–Kier alpha value is -2.43. The van der Waals surface area contributed by atoms with Crippen LogP contribution in [0.15, 0.2) is 40.8 Å². The van der Waals surface area contributed by atoms with Crippen molar-refractivity contribution in [2.75, 3.05) is 5.73 Å². The molecular weight excluding hydrogens is 238 g/mol. The molecule has 0 aliphatic rings. The topological polar surface area (TPSA) is 52.0 Å². The van der Waals surface area contributed by atoms with E-state index in [9.17, 15) is 8.78 Å². The number of benzene rings is 2. The van der Waals surface area contributed by atoms with Gasteiger partial charge in [-0.3, -0.25) is 0 Å². The summed E-state index contributed by atoms with van der Waals surface area (Å²) in [6.45, 7) is 0. The van der Waals surface area contributed by atoms with Crippen LogP contribution in [0.5, 0.6) is 0 Å². The zero-order valence-electron chi connectivity index (χ0n) is 9.15. The molecule has 1 heterocycles. The van der Waals surface area contributed by atoms with E-state index in [1.165, 1.54) is 36.4 Å². The van der Waals surface area contributed by atoms with Crippen molar-refractivity contribution in [2.24, 2.45) is 0 Å². The molecule has 3 nitrogen and oxygen atoms in total. The number of oxazole rings is 1. The van der Waals surface area contributed by atoms with Crippen LogP contribution in [-0.2, 0) is 0 Å². The summed E-state index contributed by atoms with van der Waals surface area (Å²) in [6, 6.07) is 8.06. The molecule has 2 aromatic carbocycles. The Labute approximate surface area is 101 Å². The van der Waals surface area contributed by atoms with Gasteiger partial charge in [-0.1, -0.05) is 0 Å². The molecule has 0 saturated carbocycles. The molecule has 0 radical (unpaired) electrons. The van der Waals surface area contributed by atoms with E-state index in [1.807, 2.05) is 0 Å². The van der Waals surface area contributed by atoms with E-state index < -0.39 is 11.6 Å². The average Bonchev–Trinajstić information content (AvgIpc) is 2.74. The van der Waals surface area contributed by atoms with E-state index in [0.29, 0.717) is 11.2 Å². The van der Waals surface area contributed by atoms with Crippen LogP contribution in [0.3, 0.4) is 0 Å². The molecule has 0 fully saturated rings. The van der Waals surface area contributed by atoms with Crippen LogP contribution in [0.4, 0.5) is 14.5 Å². The Balaban J connectivity index is 2.22. The highest BCUT2D eigenvalue weighted by Gasteiger charge is 2.13. The smallest absolute Gasteiger partial charge is 0.230 e. The number of rotatable bonds is 1. The standard InChI is InChI=1S/C13H8F2N2O/c14-7-1-4-11-12(5-7)18-13(17-11)9-6-8(16)2-3-10(9)15/h1-6H,16H2. The van der Waals surface area contributed by atoms with E-state index in [4.69, 9.17) is 10.2 Å². The Morgan fingerprint density at radius 3 is 2.72 bits per heavy atom. The first-order valence-electron chi connectivity index (χ1n) is 5.25. The second-order valence-electron chi connectivity index (χ2n) is 3.87. The highest BCUT2D eigenvalue weighted by molar-refractivity contribution is 5.76. The molecule has 0 spiro atoms. The van der Waals surface area contributed by atoms with E-state index in [-0.39, 0.29) is 17.0 Å². The molecule has 0 aliphatic heterocycles. The van der Waals surface area contributed by atoms with E-state index >= 15 is 0 Å². The number of nitrogen functional groups attached to an aromatic ring is 1. The summed E-state index contributed by atoms with van der Waals surface area (Å²) in [5.74, 6) is -0.838. The molecule has 1 aromatic heterocycles. The maximum absolute atomic E-state index is 13.6. The monoisotopic (exact) mass is 246 g/mol. The minimum Gasteiger partial charge on any atom is -0.436 e. The molecule has 0 bridgehead atoms. The maximum atomic E-state index is 13.6. The molecular formula is C13H8F2N2O. The van der Waals surface area contributed by atoms with Gasteiger partial charge in [0.15, 0.2) is 5.58 Å². The quantitative estimate of drug-likeness (QED) is 0.670. The lowest BCUT2D eigenvalue weighted by Gasteiger charge is -1.99. The molecule has 3 rings (SSSR count).